The third-order valence-electron chi connectivity index (χ3n) is 5.99. The SMILES string of the molecule is Cc1cccc(C)c1NC(=O)CN1CCN(C(=O)/C=C/c2ccc3c(c2)OCCCO3)CC1.Cl. The Morgan fingerprint density at radius 2 is 1.65 bits per heavy atom. The molecule has 8 heteroatoms. The lowest BCUT2D eigenvalue weighted by atomic mass is 10.1. The Kier molecular flexibility index (Phi) is 8.96. The topological polar surface area (TPSA) is 71.1 Å². The number of benzene rings is 2. The highest BCUT2D eigenvalue weighted by atomic mass is 35.5. The van der Waals surface area contributed by atoms with Crippen LogP contribution in [-0.4, -0.2) is 67.6 Å². The van der Waals surface area contributed by atoms with Crippen molar-refractivity contribution in [3.8, 4) is 11.5 Å². The minimum atomic E-state index is -0.0264. The molecule has 7 nitrogen and oxygen atoms in total. The number of fused-ring (bicyclic) bond motifs is 1. The van der Waals surface area contributed by atoms with Crippen molar-refractivity contribution >= 4 is 36.0 Å². The van der Waals surface area contributed by atoms with Crippen LogP contribution in [0.3, 0.4) is 0 Å². The molecule has 1 fully saturated rings. The van der Waals surface area contributed by atoms with Crippen molar-refractivity contribution in [1.82, 2.24) is 9.80 Å². The van der Waals surface area contributed by atoms with Gasteiger partial charge in [-0.15, -0.1) is 12.4 Å². The molecule has 2 aliphatic heterocycles. The van der Waals surface area contributed by atoms with E-state index in [1.807, 2.05) is 55.1 Å². The van der Waals surface area contributed by atoms with Crippen LogP contribution in [0.15, 0.2) is 42.5 Å². The van der Waals surface area contributed by atoms with Crippen LogP contribution in [0.25, 0.3) is 6.08 Å². The molecule has 0 radical (unpaired) electrons. The van der Waals surface area contributed by atoms with Crippen molar-refractivity contribution < 1.29 is 19.1 Å². The van der Waals surface area contributed by atoms with Gasteiger partial charge in [0.15, 0.2) is 11.5 Å². The first kappa shape index (κ1) is 25.6. The monoisotopic (exact) mass is 485 g/mol. The number of halogens is 1. The maximum absolute atomic E-state index is 12.6. The van der Waals surface area contributed by atoms with Gasteiger partial charge in [-0.1, -0.05) is 24.3 Å². The Hall–Kier alpha value is -3.03. The molecule has 2 amide bonds. The molecule has 2 aromatic rings. The normalized spacial score (nSPS) is 16.0. The maximum Gasteiger partial charge on any atom is 0.246 e. The number of carbonyl (C=O) groups excluding carboxylic acids is 2. The minimum Gasteiger partial charge on any atom is -0.490 e. The van der Waals surface area contributed by atoms with E-state index in [1.165, 1.54) is 0 Å². The highest BCUT2D eigenvalue weighted by Crippen LogP contribution is 2.30. The zero-order valence-electron chi connectivity index (χ0n) is 19.7. The highest BCUT2D eigenvalue weighted by molar-refractivity contribution is 5.94. The lowest BCUT2D eigenvalue weighted by Gasteiger charge is -2.33. The smallest absolute Gasteiger partial charge is 0.246 e. The number of amides is 2. The molecule has 2 heterocycles. The molecule has 0 aromatic heterocycles. The van der Waals surface area contributed by atoms with Gasteiger partial charge in [0.1, 0.15) is 0 Å². The summed E-state index contributed by atoms with van der Waals surface area (Å²) in [6.07, 6.45) is 4.27. The average molecular weight is 486 g/mol. The Balaban J connectivity index is 0.00000324. The number of piperazine rings is 1. The van der Waals surface area contributed by atoms with Crippen LogP contribution in [0, 0.1) is 13.8 Å². The maximum atomic E-state index is 12.6. The van der Waals surface area contributed by atoms with E-state index < -0.39 is 0 Å². The Morgan fingerprint density at radius 1 is 0.971 bits per heavy atom. The van der Waals surface area contributed by atoms with Crippen LogP contribution in [0.5, 0.6) is 11.5 Å². The highest BCUT2D eigenvalue weighted by Gasteiger charge is 2.21. The zero-order chi connectivity index (χ0) is 23.2. The quantitative estimate of drug-likeness (QED) is 0.654. The minimum absolute atomic E-state index is 0. The lowest BCUT2D eigenvalue weighted by Crippen LogP contribution is -2.50. The van der Waals surface area contributed by atoms with E-state index in [4.69, 9.17) is 9.47 Å². The van der Waals surface area contributed by atoms with Gasteiger partial charge in [-0.3, -0.25) is 14.5 Å². The predicted octanol–water partition coefficient (Wildman–Crippen LogP) is 3.68. The second kappa shape index (κ2) is 11.9. The van der Waals surface area contributed by atoms with Gasteiger partial charge < -0.3 is 19.7 Å². The number of nitrogens with one attached hydrogen (secondary N) is 1. The van der Waals surface area contributed by atoms with E-state index in [0.717, 1.165) is 40.3 Å². The summed E-state index contributed by atoms with van der Waals surface area (Å²) in [5.74, 6) is 1.41. The van der Waals surface area contributed by atoms with Crippen molar-refractivity contribution in [3.63, 3.8) is 0 Å². The first-order chi connectivity index (χ1) is 16.0. The second-order valence-corrected chi connectivity index (χ2v) is 8.51. The Labute approximate surface area is 207 Å². The summed E-state index contributed by atoms with van der Waals surface area (Å²) >= 11 is 0. The average Bonchev–Trinajstić information content (AvgIpc) is 3.05. The Morgan fingerprint density at radius 3 is 2.35 bits per heavy atom. The summed E-state index contributed by atoms with van der Waals surface area (Å²) in [6, 6.07) is 11.7. The number of ether oxygens (including phenoxy) is 2. The van der Waals surface area contributed by atoms with Crippen LogP contribution in [0.2, 0.25) is 0 Å². The zero-order valence-corrected chi connectivity index (χ0v) is 20.5. The van der Waals surface area contributed by atoms with Gasteiger partial charge in [-0.2, -0.15) is 0 Å². The van der Waals surface area contributed by atoms with E-state index in [2.05, 4.69) is 10.2 Å². The van der Waals surface area contributed by atoms with Crippen molar-refractivity contribution in [3.05, 3.63) is 59.2 Å². The van der Waals surface area contributed by atoms with E-state index >= 15 is 0 Å². The fourth-order valence-corrected chi connectivity index (χ4v) is 4.08. The molecule has 0 aliphatic carbocycles. The number of aryl methyl sites for hydroxylation is 2. The molecule has 0 bridgehead atoms. The fraction of sp³-hybridized carbons (Fsp3) is 0.385. The fourth-order valence-electron chi connectivity index (χ4n) is 4.08. The molecule has 0 saturated carbocycles. The summed E-state index contributed by atoms with van der Waals surface area (Å²) in [5, 5.41) is 3.03. The van der Waals surface area contributed by atoms with Crippen molar-refractivity contribution in [1.29, 1.82) is 0 Å². The summed E-state index contributed by atoms with van der Waals surface area (Å²) in [4.78, 5) is 29.1. The van der Waals surface area contributed by atoms with Gasteiger partial charge in [-0.05, 0) is 48.7 Å². The number of rotatable bonds is 5. The van der Waals surface area contributed by atoms with Crippen LogP contribution < -0.4 is 14.8 Å². The molecule has 1 saturated heterocycles. The number of hydrogen-bond acceptors (Lipinski definition) is 5. The van der Waals surface area contributed by atoms with E-state index in [-0.39, 0.29) is 24.2 Å². The van der Waals surface area contributed by atoms with Gasteiger partial charge in [0.05, 0.1) is 19.8 Å². The van der Waals surface area contributed by atoms with Crippen molar-refractivity contribution in [2.24, 2.45) is 0 Å². The number of anilines is 1. The number of carbonyl (C=O) groups is 2. The third kappa shape index (κ3) is 6.52. The molecule has 0 unspecified atom stereocenters. The number of para-hydroxylation sites is 1. The number of hydrogen-bond donors (Lipinski definition) is 1. The standard InChI is InChI=1S/C26H31N3O4.ClH/c1-19-5-3-6-20(2)26(19)27-24(30)18-28-11-13-29(14-12-28)25(31)10-8-21-7-9-22-23(17-21)33-16-4-15-32-22;/h3,5-10,17H,4,11-16,18H2,1-2H3,(H,27,30);1H/b10-8+;. The van der Waals surface area contributed by atoms with Crippen molar-refractivity contribution in [2.45, 2.75) is 20.3 Å². The van der Waals surface area contributed by atoms with Gasteiger partial charge >= 0.3 is 0 Å². The van der Waals surface area contributed by atoms with E-state index in [9.17, 15) is 9.59 Å². The molecule has 182 valence electrons. The molecule has 2 aliphatic rings. The van der Waals surface area contributed by atoms with Gasteiger partial charge in [0, 0.05) is 44.4 Å². The summed E-state index contributed by atoms with van der Waals surface area (Å²) in [7, 11) is 0. The van der Waals surface area contributed by atoms with E-state index in [0.29, 0.717) is 45.9 Å². The molecule has 0 atom stereocenters. The molecule has 0 spiro atoms. The van der Waals surface area contributed by atoms with Gasteiger partial charge in [0.2, 0.25) is 11.8 Å². The Bertz CT molecular complexity index is 1030. The van der Waals surface area contributed by atoms with Crippen LogP contribution in [0.1, 0.15) is 23.1 Å². The lowest BCUT2D eigenvalue weighted by molar-refractivity contribution is -0.127. The summed E-state index contributed by atoms with van der Waals surface area (Å²) < 4.78 is 11.4. The van der Waals surface area contributed by atoms with Crippen LogP contribution >= 0.6 is 12.4 Å². The van der Waals surface area contributed by atoms with Crippen LogP contribution in [0.4, 0.5) is 5.69 Å². The molecule has 4 rings (SSSR count). The second-order valence-electron chi connectivity index (χ2n) is 8.51. The molecular formula is C26H32ClN3O4. The summed E-state index contributed by atoms with van der Waals surface area (Å²) in [6.45, 7) is 8.13. The summed E-state index contributed by atoms with van der Waals surface area (Å²) in [5.41, 5.74) is 3.89. The van der Waals surface area contributed by atoms with Gasteiger partial charge in [0.25, 0.3) is 0 Å². The molecule has 1 N–H and O–H groups in total. The third-order valence-corrected chi connectivity index (χ3v) is 5.99. The first-order valence-electron chi connectivity index (χ1n) is 11.4. The molecule has 2 aromatic carbocycles. The number of nitrogens with zero attached hydrogens (tertiary/aromatic N) is 2. The largest absolute Gasteiger partial charge is 0.490 e. The molecular weight excluding hydrogens is 454 g/mol. The predicted molar refractivity (Wildman–Crippen MR) is 136 cm³/mol. The van der Waals surface area contributed by atoms with Crippen molar-refractivity contribution in [2.75, 3.05) is 51.3 Å². The van der Waals surface area contributed by atoms with E-state index in [1.54, 1.807) is 12.2 Å². The van der Waals surface area contributed by atoms with Gasteiger partial charge in [-0.25, -0.2) is 0 Å². The first-order valence-corrected chi connectivity index (χ1v) is 11.4. The van der Waals surface area contributed by atoms with Crippen LogP contribution in [-0.2, 0) is 9.59 Å². The molecule has 34 heavy (non-hydrogen) atoms.